The van der Waals surface area contributed by atoms with E-state index in [2.05, 4.69) is 13.8 Å². The lowest BCUT2D eigenvalue weighted by atomic mass is 9.95. The summed E-state index contributed by atoms with van der Waals surface area (Å²) in [6, 6.07) is 6.43. The molecule has 0 bridgehead atoms. The van der Waals surface area contributed by atoms with E-state index >= 15 is 0 Å². The molecule has 16 heavy (non-hydrogen) atoms. The molecule has 0 radical (unpaired) electrons. The first-order valence-corrected chi connectivity index (χ1v) is 6.97. The summed E-state index contributed by atoms with van der Waals surface area (Å²) in [6.45, 7) is 4.31. The van der Waals surface area contributed by atoms with Crippen LogP contribution in [0.25, 0.3) is 0 Å². The van der Waals surface area contributed by atoms with E-state index in [9.17, 15) is 8.42 Å². The molecule has 0 fully saturated rings. The fourth-order valence-electron chi connectivity index (χ4n) is 1.71. The van der Waals surface area contributed by atoms with Crippen molar-refractivity contribution in [3.63, 3.8) is 0 Å². The predicted octanol–water partition coefficient (Wildman–Crippen LogP) is 2.91. The summed E-state index contributed by atoms with van der Waals surface area (Å²) in [4.78, 5) is -0.0409. The van der Waals surface area contributed by atoms with Crippen molar-refractivity contribution >= 4 is 10.1 Å². The SMILES string of the molecule is CCC(CC)Cc1ccc(S(=O)(=O)O)cc1. The Bertz CT molecular complexity index is 416. The Kier molecular flexibility index (Phi) is 4.50. The van der Waals surface area contributed by atoms with Crippen LogP contribution in [0.3, 0.4) is 0 Å². The van der Waals surface area contributed by atoms with Crippen molar-refractivity contribution in [1.82, 2.24) is 0 Å². The van der Waals surface area contributed by atoms with E-state index < -0.39 is 10.1 Å². The van der Waals surface area contributed by atoms with E-state index in [-0.39, 0.29) is 4.90 Å². The highest BCUT2D eigenvalue weighted by Gasteiger charge is 2.09. The molecule has 1 N–H and O–H groups in total. The average molecular weight is 242 g/mol. The minimum atomic E-state index is -4.06. The Morgan fingerprint density at radius 3 is 2.00 bits per heavy atom. The second kappa shape index (κ2) is 5.46. The second-order valence-electron chi connectivity index (χ2n) is 4.01. The van der Waals surface area contributed by atoms with E-state index in [1.807, 2.05) is 0 Å². The van der Waals surface area contributed by atoms with Gasteiger partial charge in [-0.2, -0.15) is 8.42 Å². The molecule has 3 nitrogen and oxygen atoms in total. The van der Waals surface area contributed by atoms with Crippen LogP contribution in [-0.4, -0.2) is 13.0 Å². The molecule has 1 rings (SSSR count). The first-order chi connectivity index (χ1) is 7.47. The molecule has 0 saturated heterocycles. The molecule has 90 valence electrons. The van der Waals surface area contributed by atoms with Crippen molar-refractivity contribution in [2.45, 2.75) is 38.0 Å². The largest absolute Gasteiger partial charge is 0.294 e. The summed E-state index contributed by atoms with van der Waals surface area (Å²) in [7, 11) is -4.06. The van der Waals surface area contributed by atoms with Gasteiger partial charge in [0.2, 0.25) is 0 Å². The molecule has 0 spiro atoms. The van der Waals surface area contributed by atoms with Crippen LogP contribution in [0.4, 0.5) is 0 Å². The molecular formula is C12H18O3S. The van der Waals surface area contributed by atoms with E-state index in [0.29, 0.717) is 5.92 Å². The maximum atomic E-state index is 10.8. The van der Waals surface area contributed by atoms with E-state index in [4.69, 9.17) is 4.55 Å². The fraction of sp³-hybridized carbons (Fsp3) is 0.500. The maximum absolute atomic E-state index is 10.8. The molecule has 4 heteroatoms. The van der Waals surface area contributed by atoms with Crippen LogP contribution >= 0.6 is 0 Å². The van der Waals surface area contributed by atoms with Crippen LogP contribution in [0.5, 0.6) is 0 Å². The van der Waals surface area contributed by atoms with Gasteiger partial charge in [-0.05, 0) is 30.0 Å². The molecule has 0 aromatic heterocycles. The van der Waals surface area contributed by atoms with Gasteiger partial charge in [0.05, 0.1) is 4.90 Å². The number of hydrogen-bond acceptors (Lipinski definition) is 2. The highest BCUT2D eigenvalue weighted by atomic mass is 32.2. The first kappa shape index (κ1) is 13.2. The summed E-state index contributed by atoms with van der Waals surface area (Å²) >= 11 is 0. The van der Waals surface area contributed by atoms with Gasteiger partial charge in [0.1, 0.15) is 0 Å². The summed E-state index contributed by atoms with van der Waals surface area (Å²) < 4.78 is 30.5. The van der Waals surface area contributed by atoms with Crippen LogP contribution in [-0.2, 0) is 16.5 Å². The van der Waals surface area contributed by atoms with Gasteiger partial charge >= 0.3 is 0 Å². The molecular weight excluding hydrogens is 224 g/mol. The van der Waals surface area contributed by atoms with Crippen molar-refractivity contribution in [2.24, 2.45) is 5.92 Å². The molecule has 0 heterocycles. The zero-order valence-corrected chi connectivity index (χ0v) is 10.5. The van der Waals surface area contributed by atoms with Crippen LogP contribution in [0.2, 0.25) is 0 Å². The van der Waals surface area contributed by atoms with Gasteiger partial charge in [-0.15, -0.1) is 0 Å². The van der Waals surface area contributed by atoms with Gasteiger partial charge in [0.25, 0.3) is 10.1 Å². The first-order valence-electron chi connectivity index (χ1n) is 5.53. The second-order valence-corrected chi connectivity index (χ2v) is 5.43. The lowest BCUT2D eigenvalue weighted by Crippen LogP contribution is -2.02. The van der Waals surface area contributed by atoms with Crippen molar-refractivity contribution in [1.29, 1.82) is 0 Å². The van der Waals surface area contributed by atoms with Gasteiger partial charge < -0.3 is 0 Å². The molecule has 0 amide bonds. The molecule has 0 aliphatic carbocycles. The molecule has 0 saturated carbocycles. The van der Waals surface area contributed by atoms with Crippen LogP contribution < -0.4 is 0 Å². The normalized spacial score (nSPS) is 12.0. The quantitative estimate of drug-likeness (QED) is 0.808. The molecule has 0 aliphatic rings. The number of rotatable bonds is 5. The highest BCUT2D eigenvalue weighted by Crippen LogP contribution is 2.17. The minimum Gasteiger partial charge on any atom is -0.282 e. The maximum Gasteiger partial charge on any atom is 0.294 e. The van der Waals surface area contributed by atoms with Gasteiger partial charge in [-0.3, -0.25) is 4.55 Å². The Labute approximate surface area is 97.2 Å². The molecule has 1 aromatic carbocycles. The third kappa shape index (κ3) is 3.61. The van der Waals surface area contributed by atoms with Crippen molar-refractivity contribution < 1.29 is 13.0 Å². The lowest BCUT2D eigenvalue weighted by Gasteiger charge is -2.11. The molecule has 0 aliphatic heterocycles. The van der Waals surface area contributed by atoms with Gasteiger partial charge in [-0.25, -0.2) is 0 Å². The Hall–Kier alpha value is -0.870. The highest BCUT2D eigenvalue weighted by molar-refractivity contribution is 7.85. The molecule has 0 unspecified atom stereocenters. The van der Waals surface area contributed by atoms with E-state index in [1.54, 1.807) is 12.1 Å². The van der Waals surface area contributed by atoms with Gasteiger partial charge in [0, 0.05) is 0 Å². The predicted molar refractivity (Wildman–Crippen MR) is 64.0 cm³/mol. The third-order valence-corrected chi connectivity index (χ3v) is 3.77. The monoisotopic (exact) mass is 242 g/mol. The zero-order valence-electron chi connectivity index (χ0n) is 9.68. The zero-order chi connectivity index (χ0) is 12.2. The van der Waals surface area contributed by atoms with Gasteiger partial charge in [0.15, 0.2) is 0 Å². The van der Waals surface area contributed by atoms with Crippen molar-refractivity contribution in [2.75, 3.05) is 0 Å². The van der Waals surface area contributed by atoms with Crippen molar-refractivity contribution in [3.8, 4) is 0 Å². The standard InChI is InChI=1S/C12H18O3S/c1-3-10(4-2)9-11-5-7-12(8-6-11)16(13,14)15/h5-8,10H,3-4,9H2,1-2H3,(H,13,14,15). The Balaban J connectivity index is 2.80. The smallest absolute Gasteiger partial charge is 0.282 e. The average Bonchev–Trinajstić information content (AvgIpc) is 2.25. The lowest BCUT2D eigenvalue weighted by molar-refractivity contribution is 0.482. The summed E-state index contributed by atoms with van der Waals surface area (Å²) in [6.07, 6.45) is 3.20. The topological polar surface area (TPSA) is 54.4 Å². The van der Waals surface area contributed by atoms with Crippen molar-refractivity contribution in [3.05, 3.63) is 29.8 Å². The summed E-state index contributed by atoms with van der Waals surface area (Å²) in [5.41, 5.74) is 1.11. The van der Waals surface area contributed by atoms with Crippen LogP contribution in [0.15, 0.2) is 29.2 Å². The summed E-state index contributed by atoms with van der Waals surface area (Å²) in [5.74, 6) is 0.636. The molecule has 0 atom stereocenters. The minimum absolute atomic E-state index is 0.0409. The van der Waals surface area contributed by atoms with Gasteiger partial charge in [-0.1, -0.05) is 38.8 Å². The van der Waals surface area contributed by atoms with E-state index in [0.717, 1.165) is 24.8 Å². The molecule has 1 aromatic rings. The summed E-state index contributed by atoms with van der Waals surface area (Å²) in [5, 5.41) is 0. The fourth-order valence-corrected chi connectivity index (χ4v) is 2.19. The Morgan fingerprint density at radius 1 is 1.12 bits per heavy atom. The number of benzene rings is 1. The Morgan fingerprint density at radius 2 is 1.62 bits per heavy atom. The number of hydrogen-bond donors (Lipinski definition) is 1. The van der Waals surface area contributed by atoms with Crippen LogP contribution in [0, 0.1) is 5.92 Å². The van der Waals surface area contributed by atoms with Crippen LogP contribution in [0.1, 0.15) is 32.3 Å². The third-order valence-electron chi connectivity index (χ3n) is 2.90. The van der Waals surface area contributed by atoms with E-state index in [1.165, 1.54) is 12.1 Å².